The molecule has 120 valence electrons. The summed E-state index contributed by atoms with van der Waals surface area (Å²) in [6, 6.07) is 4.80. The highest BCUT2D eigenvalue weighted by Crippen LogP contribution is 2.32. The van der Waals surface area contributed by atoms with Crippen LogP contribution in [0.3, 0.4) is 0 Å². The van der Waals surface area contributed by atoms with Crippen molar-refractivity contribution in [1.82, 2.24) is 5.32 Å². The van der Waals surface area contributed by atoms with Gasteiger partial charge in [-0.3, -0.25) is 4.79 Å². The van der Waals surface area contributed by atoms with Crippen molar-refractivity contribution in [3.8, 4) is 5.75 Å². The SMILES string of the molecule is COCC[C@@H](C)NC(=O)Nc1ccc2c(c1)NC(=O)[C@H](C)O2. The average Bonchev–Trinajstić information content (AvgIpc) is 2.46. The molecule has 1 aromatic carbocycles. The van der Waals surface area contributed by atoms with Crippen molar-refractivity contribution in [2.45, 2.75) is 32.4 Å². The van der Waals surface area contributed by atoms with Gasteiger partial charge in [-0.15, -0.1) is 0 Å². The molecule has 7 nitrogen and oxygen atoms in total. The molecule has 7 heteroatoms. The summed E-state index contributed by atoms with van der Waals surface area (Å²) >= 11 is 0. The van der Waals surface area contributed by atoms with Gasteiger partial charge in [0.1, 0.15) is 5.75 Å². The van der Waals surface area contributed by atoms with Crippen LogP contribution in [-0.4, -0.2) is 37.8 Å². The van der Waals surface area contributed by atoms with Gasteiger partial charge in [-0.2, -0.15) is 0 Å². The fraction of sp³-hybridized carbons (Fsp3) is 0.467. The molecule has 0 aromatic heterocycles. The van der Waals surface area contributed by atoms with Crippen LogP contribution in [0.1, 0.15) is 20.3 Å². The quantitative estimate of drug-likeness (QED) is 0.776. The van der Waals surface area contributed by atoms with E-state index in [1.807, 2.05) is 6.92 Å². The summed E-state index contributed by atoms with van der Waals surface area (Å²) < 4.78 is 10.4. The summed E-state index contributed by atoms with van der Waals surface area (Å²) in [4.78, 5) is 23.5. The van der Waals surface area contributed by atoms with E-state index in [-0.39, 0.29) is 18.0 Å². The Bertz CT molecular complexity index is 562. The Morgan fingerprint density at radius 3 is 3.00 bits per heavy atom. The highest BCUT2D eigenvalue weighted by atomic mass is 16.5. The van der Waals surface area contributed by atoms with E-state index in [0.29, 0.717) is 23.7 Å². The van der Waals surface area contributed by atoms with Crippen molar-refractivity contribution in [1.29, 1.82) is 0 Å². The number of urea groups is 1. The number of methoxy groups -OCH3 is 1. The first kappa shape index (κ1) is 16.1. The second kappa shape index (κ2) is 7.13. The summed E-state index contributed by atoms with van der Waals surface area (Å²) in [5.41, 5.74) is 1.13. The van der Waals surface area contributed by atoms with Gasteiger partial charge in [0, 0.05) is 25.4 Å². The number of amides is 3. The van der Waals surface area contributed by atoms with Gasteiger partial charge in [0.25, 0.3) is 5.91 Å². The Morgan fingerprint density at radius 2 is 2.27 bits per heavy atom. The predicted molar refractivity (Wildman–Crippen MR) is 83.3 cm³/mol. The predicted octanol–water partition coefficient (Wildman–Crippen LogP) is 1.95. The lowest BCUT2D eigenvalue weighted by Crippen LogP contribution is -2.37. The minimum absolute atomic E-state index is 0.00135. The largest absolute Gasteiger partial charge is 0.479 e. The van der Waals surface area contributed by atoms with Crippen molar-refractivity contribution in [2.75, 3.05) is 24.4 Å². The fourth-order valence-corrected chi connectivity index (χ4v) is 2.04. The zero-order valence-electron chi connectivity index (χ0n) is 12.9. The van der Waals surface area contributed by atoms with Crippen molar-refractivity contribution >= 4 is 23.3 Å². The van der Waals surface area contributed by atoms with E-state index >= 15 is 0 Å². The number of rotatable bonds is 5. The van der Waals surface area contributed by atoms with Gasteiger partial charge in [0.15, 0.2) is 6.10 Å². The molecule has 0 fully saturated rings. The number of benzene rings is 1. The molecule has 0 bridgehead atoms. The average molecular weight is 307 g/mol. The lowest BCUT2D eigenvalue weighted by atomic mass is 10.2. The molecule has 3 amide bonds. The Balaban J connectivity index is 1.95. The Labute approximate surface area is 129 Å². The first-order valence-electron chi connectivity index (χ1n) is 7.17. The first-order chi connectivity index (χ1) is 10.5. The van der Waals surface area contributed by atoms with Crippen LogP contribution in [-0.2, 0) is 9.53 Å². The fourth-order valence-electron chi connectivity index (χ4n) is 2.04. The second-order valence-corrected chi connectivity index (χ2v) is 5.24. The van der Waals surface area contributed by atoms with E-state index in [0.717, 1.165) is 6.42 Å². The topological polar surface area (TPSA) is 88.7 Å². The Hall–Kier alpha value is -2.28. The number of hydrogen-bond donors (Lipinski definition) is 3. The van der Waals surface area contributed by atoms with Gasteiger partial charge in [-0.25, -0.2) is 4.79 Å². The maximum absolute atomic E-state index is 11.9. The third-order valence-corrected chi connectivity index (χ3v) is 3.30. The molecule has 0 saturated carbocycles. The van der Waals surface area contributed by atoms with Crippen LogP contribution < -0.4 is 20.7 Å². The maximum atomic E-state index is 11.9. The third-order valence-electron chi connectivity index (χ3n) is 3.30. The molecule has 0 aliphatic carbocycles. The second-order valence-electron chi connectivity index (χ2n) is 5.24. The first-order valence-corrected chi connectivity index (χ1v) is 7.17. The normalized spacial score (nSPS) is 17.8. The molecule has 2 rings (SSSR count). The molecule has 1 heterocycles. The number of hydrogen-bond acceptors (Lipinski definition) is 4. The van der Waals surface area contributed by atoms with Crippen LogP contribution >= 0.6 is 0 Å². The van der Waals surface area contributed by atoms with Crippen molar-refractivity contribution < 1.29 is 19.1 Å². The van der Waals surface area contributed by atoms with Crippen LogP contribution in [0.25, 0.3) is 0 Å². The highest BCUT2D eigenvalue weighted by molar-refractivity contribution is 5.99. The van der Waals surface area contributed by atoms with Crippen LogP contribution in [0, 0.1) is 0 Å². The van der Waals surface area contributed by atoms with Gasteiger partial charge in [0.05, 0.1) is 5.69 Å². The summed E-state index contributed by atoms with van der Waals surface area (Å²) in [5.74, 6) is 0.383. The molecular weight excluding hydrogens is 286 g/mol. The smallest absolute Gasteiger partial charge is 0.319 e. The number of fused-ring (bicyclic) bond motifs is 1. The number of carbonyl (C=O) groups is 2. The van der Waals surface area contributed by atoms with Crippen LogP contribution in [0.15, 0.2) is 18.2 Å². The summed E-state index contributed by atoms with van der Waals surface area (Å²) in [6.07, 6.45) is 0.215. The van der Waals surface area contributed by atoms with E-state index in [2.05, 4.69) is 16.0 Å². The Morgan fingerprint density at radius 1 is 1.50 bits per heavy atom. The summed E-state index contributed by atoms with van der Waals surface area (Å²) in [7, 11) is 1.62. The van der Waals surface area contributed by atoms with E-state index in [4.69, 9.17) is 9.47 Å². The minimum Gasteiger partial charge on any atom is -0.479 e. The number of carbonyl (C=O) groups excluding carboxylic acids is 2. The van der Waals surface area contributed by atoms with Crippen LogP contribution in [0.5, 0.6) is 5.75 Å². The van der Waals surface area contributed by atoms with Crippen LogP contribution in [0.4, 0.5) is 16.2 Å². The van der Waals surface area contributed by atoms with E-state index in [1.165, 1.54) is 0 Å². The molecule has 0 unspecified atom stereocenters. The number of anilines is 2. The van der Waals surface area contributed by atoms with E-state index in [1.54, 1.807) is 32.2 Å². The van der Waals surface area contributed by atoms with Gasteiger partial charge in [-0.05, 0) is 38.5 Å². The third kappa shape index (κ3) is 4.11. The molecule has 1 aliphatic heterocycles. The van der Waals surface area contributed by atoms with Crippen molar-refractivity contribution in [2.24, 2.45) is 0 Å². The lowest BCUT2D eigenvalue weighted by molar-refractivity contribution is -0.122. The van der Waals surface area contributed by atoms with Gasteiger partial charge in [0.2, 0.25) is 0 Å². The molecule has 0 saturated heterocycles. The lowest BCUT2D eigenvalue weighted by Gasteiger charge is -2.23. The van der Waals surface area contributed by atoms with E-state index in [9.17, 15) is 9.59 Å². The molecule has 3 N–H and O–H groups in total. The number of nitrogens with one attached hydrogen (secondary N) is 3. The zero-order valence-corrected chi connectivity index (χ0v) is 12.9. The molecular formula is C15H21N3O4. The summed E-state index contributed by atoms with van der Waals surface area (Å²) in [5, 5.41) is 8.28. The van der Waals surface area contributed by atoms with Crippen molar-refractivity contribution in [3.05, 3.63) is 18.2 Å². The highest BCUT2D eigenvalue weighted by Gasteiger charge is 2.23. The van der Waals surface area contributed by atoms with Crippen LogP contribution in [0.2, 0.25) is 0 Å². The molecule has 1 aliphatic rings. The van der Waals surface area contributed by atoms with E-state index < -0.39 is 6.10 Å². The molecule has 2 atom stereocenters. The number of ether oxygens (including phenoxy) is 2. The molecule has 22 heavy (non-hydrogen) atoms. The zero-order chi connectivity index (χ0) is 16.1. The molecule has 1 aromatic rings. The van der Waals surface area contributed by atoms with Gasteiger partial charge >= 0.3 is 6.03 Å². The molecule has 0 radical (unpaired) electrons. The summed E-state index contributed by atoms with van der Waals surface area (Å²) in [6.45, 7) is 4.17. The standard InChI is InChI=1S/C15H21N3O4/c1-9(6-7-21-3)16-15(20)17-11-4-5-13-12(8-11)18-14(19)10(2)22-13/h4-5,8-10H,6-7H2,1-3H3,(H,18,19)(H2,16,17,20)/t9-,10+/m1/s1. The molecule has 0 spiro atoms. The maximum Gasteiger partial charge on any atom is 0.319 e. The van der Waals surface area contributed by atoms with Gasteiger partial charge in [-0.1, -0.05) is 0 Å². The van der Waals surface area contributed by atoms with Gasteiger partial charge < -0.3 is 25.4 Å². The Kier molecular flexibility index (Phi) is 5.21. The monoisotopic (exact) mass is 307 g/mol. The minimum atomic E-state index is -0.517. The van der Waals surface area contributed by atoms with Crippen molar-refractivity contribution in [3.63, 3.8) is 0 Å².